The molecule has 0 saturated heterocycles. The van der Waals surface area contributed by atoms with Gasteiger partial charge in [-0.2, -0.15) is 0 Å². The monoisotopic (exact) mass is 442 g/mol. The predicted octanol–water partition coefficient (Wildman–Crippen LogP) is 3.89. The van der Waals surface area contributed by atoms with Crippen molar-refractivity contribution in [3.63, 3.8) is 0 Å². The Labute approximate surface area is 177 Å². The summed E-state index contributed by atoms with van der Waals surface area (Å²) in [6.45, 7) is 1.65. The molecule has 0 saturated carbocycles. The van der Waals surface area contributed by atoms with Crippen molar-refractivity contribution in [1.82, 2.24) is 0 Å². The Kier molecular flexibility index (Phi) is 5.28. The van der Waals surface area contributed by atoms with Gasteiger partial charge in [-0.3, -0.25) is 4.79 Å². The maximum Gasteiger partial charge on any atom is 0.203 e. The quantitative estimate of drug-likeness (QED) is 0.717. The molecular formula is C23H22O5S2. The molecule has 156 valence electrons. The van der Waals surface area contributed by atoms with E-state index in [2.05, 4.69) is 0 Å². The number of ketones is 1. The maximum atomic E-state index is 13.4. The molecule has 2 aromatic carbocycles. The van der Waals surface area contributed by atoms with Gasteiger partial charge < -0.3 is 0 Å². The largest absolute Gasteiger partial charge is 0.294 e. The molecule has 2 atom stereocenters. The van der Waals surface area contributed by atoms with Crippen LogP contribution in [0.3, 0.4) is 0 Å². The number of hydrogen-bond donors (Lipinski definition) is 0. The minimum atomic E-state index is -3.84. The summed E-state index contributed by atoms with van der Waals surface area (Å²) >= 11 is 0. The lowest BCUT2D eigenvalue weighted by atomic mass is 9.98. The first-order valence-electron chi connectivity index (χ1n) is 9.82. The highest BCUT2D eigenvalue weighted by Crippen LogP contribution is 2.44. The molecule has 2 aromatic rings. The van der Waals surface area contributed by atoms with Crippen LogP contribution in [0.5, 0.6) is 0 Å². The second-order valence-electron chi connectivity index (χ2n) is 7.62. The molecule has 0 amide bonds. The molecule has 0 heterocycles. The molecule has 0 aromatic heterocycles. The summed E-state index contributed by atoms with van der Waals surface area (Å²) in [5, 5.41) is -0.938. The summed E-state index contributed by atoms with van der Waals surface area (Å²) < 4.78 is 53.6. The van der Waals surface area contributed by atoms with Crippen molar-refractivity contribution in [2.45, 2.75) is 41.2 Å². The molecule has 30 heavy (non-hydrogen) atoms. The number of sulfone groups is 2. The van der Waals surface area contributed by atoms with E-state index < -0.39 is 30.8 Å². The van der Waals surface area contributed by atoms with E-state index in [1.54, 1.807) is 43.3 Å². The number of allylic oxidation sites excluding steroid dienone is 3. The second kappa shape index (κ2) is 7.63. The zero-order valence-electron chi connectivity index (χ0n) is 16.5. The lowest BCUT2D eigenvalue weighted by molar-refractivity contribution is -0.116. The fraction of sp³-hybridized carbons (Fsp3) is 0.261. The van der Waals surface area contributed by atoms with Crippen molar-refractivity contribution in [2.75, 3.05) is 0 Å². The topological polar surface area (TPSA) is 85.3 Å². The van der Waals surface area contributed by atoms with Gasteiger partial charge in [0.15, 0.2) is 15.6 Å². The van der Waals surface area contributed by atoms with Crippen LogP contribution < -0.4 is 0 Å². The van der Waals surface area contributed by atoms with Crippen LogP contribution >= 0.6 is 0 Å². The number of hydrogen-bond acceptors (Lipinski definition) is 5. The minimum Gasteiger partial charge on any atom is -0.294 e. The van der Waals surface area contributed by atoms with E-state index in [0.717, 1.165) is 0 Å². The van der Waals surface area contributed by atoms with Gasteiger partial charge in [-0.25, -0.2) is 16.8 Å². The first kappa shape index (κ1) is 20.8. The van der Waals surface area contributed by atoms with E-state index in [1.165, 1.54) is 30.3 Å². The molecule has 0 spiro atoms. The van der Waals surface area contributed by atoms with Crippen molar-refractivity contribution in [2.24, 2.45) is 5.92 Å². The number of rotatable bonds is 4. The number of fused-ring (bicyclic) bond motifs is 1. The first-order valence-corrected chi connectivity index (χ1v) is 12.9. The highest BCUT2D eigenvalue weighted by molar-refractivity contribution is 7.95. The first-order chi connectivity index (χ1) is 14.2. The Morgan fingerprint density at radius 2 is 1.40 bits per heavy atom. The molecule has 7 heteroatoms. The lowest BCUT2D eigenvalue weighted by Gasteiger charge is -2.20. The van der Waals surface area contributed by atoms with Gasteiger partial charge in [-0.15, -0.1) is 0 Å². The van der Waals surface area contributed by atoms with Crippen LogP contribution in [-0.4, -0.2) is 27.9 Å². The normalized spacial score (nSPS) is 22.4. The Morgan fingerprint density at radius 1 is 0.833 bits per heavy atom. The lowest BCUT2D eigenvalue weighted by Crippen LogP contribution is -2.24. The van der Waals surface area contributed by atoms with Crippen LogP contribution in [0.4, 0.5) is 0 Å². The highest BCUT2D eigenvalue weighted by atomic mass is 32.2. The predicted molar refractivity (Wildman–Crippen MR) is 114 cm³/mol. The van der Waals surface area contributed by atoms with E-state index in [9.17, 15) is 21.6 Å². The summed E-state index contributed by atoms with van der Waals surface area (Å²) in [5.41, 5.74) is 0.703. The molecular weight excluding hydrogens is 420 g/mol. The molecule has 4 rings (SSSR count). The third-order valence-corrected chi connectivity index (χ3v) is 9.94. The Bertz CT molecular complexity index is 1260. The van der Waals surface area contributed by atoms with Crippen molar-refractivity contribution >= 4 is 25.5 Å². The zero-order valence-corrected chi connectivity index (χ0v) is 18.1. The summed E-state index contributed by atoms with van der Waals surface area (Å²) in [5.74, 6) is -0.934. The van der Waals surface area contributed by atoms with Gasteiger partial charge in [0.1, 0.15) is 0 Å². The van der Waals surface area contributed by atoms with E-state index in [-0.39, 0.29) is 33.3 Å². The second-order valence-corrected chi connectivity index (χ2v) is 11.7. The van der Waals surface area contributed by atoms with Gasteiger partial charge in [-0.05, 0) is 60.8 Å². The molecule has 2 aliphatic carbocycles. The fourth-order valence-corrected chi connectivity index (χ4v) is 7.94. The van der Waals surface area contributed by atoms with Gasteiger partial charge in [-0.1, -0.05) is 43.3 Å². The van der Waals surface area contributed by atoms with Gasteiger partial charge in [0.05, 0.1) is 19.9 Å². The van der Waals surface area contributed by atoms with Crippen molar-refractivity contribution in [3.8, 4) is 0 Å². The van der Waals surface area contributed by atoms with E-state index in [0.29, 0.717) is 17.6 Å². The van der Waals surface area contributed by atoms with Crippen molar-refractivity contribution < 1.29 is 21.6 Å². The molecule has 0 fully saturated rings. The molecule has 5 nitrogen and oxygen atoms in total. The van der Waals surface area contributed by atoms with Gasteiger partial charge in [0, 0.05) is 5.92 Å². The summed E-state index contributed by atoms with van der Waals surface area (Å²) in [4.78, 5) is 13.1. The Morgan fingerprint density at radius 3 is 2.00 bits per heavy atom. The third-order valence-electron chi connectivity index (χ3n) is 5.81. The van der Waals surface area contributed by atoms with Crippen molar-refractivity contribution in [3.05, 3.63) is 82.8 Å². The molecule has 0 bridgehead atoms. The van der Waals surface area contributed by atoms with E-state index >= 15 is 0 Å². The van der Waals surface area contributed by atoms with Crippen LogP contribution in [0.1, 0.15) is 26.2 Å². The van der Waals surface area contributed by atoms with Gasteiger partial charge >= 0.3 is 0 Å². The van der Waals surface area contributed by atoms with Crippen LogP contribution in [0.2, 0.25) is 0 Å². The highest BCUT2D eigenvalue weighted by Gasteiger charge is 2.43. The molecule has 2 aliphatic rings. The maximum absolute atomic E-state index is 13.4. The standard InChI is InChI=1S/C23H22O5S2/c1-16-20(24)15-19-21(29(25,26)17-9-4-2-5-10-17)13-8-14-22(23(16)19)30(27,28)18-11-6-3-7-12-18/h2-7,9-12,15-16,21H,8,13-14H2,1H3/t16?,21-/m1/s1. The third kappa shape index (κ3) is 3.36. The summed E-state index contributed by atoms with van der Waals surface area (Å²) in [7, 11) is -7.61. The number of benzene rings is 2. The smallest absolute Gasteiger partial charge is 0.203 e. The van der Waals surface area contributed by atoms with E-state index in [1.807, 2.05) is 0 Å². The average Bonchev–Trinajstić information content (AvgIpc) is 2.91. The van der Waals surface area contributed by atoms with Crippen molar-refractivity contribution in [1.29, 1.82) is 0 Å². The Hall–Kier alpha value is -2.51. The van der Waals surface area contributed by atoms with Crippen LogP contribution in [0.25, 0.3) is 0 Å². The molecule has 0 radical (unpaired) electrons. The molecule has 0 N–H and O–H groups in total. The van der Waals surface area contributed by atoms with Crippen LogP contribution in [0.15, 0.2) is 92.6 Å². The zero-order chi connectivity index (χ0) is 21.5. The van der Waals surface area contributed by atoms with Gasteiger partial charge in [0.25, 0.3) is 0 Å². The fourth-order valence-electron chi connectivity index (χ4n) is 4.27. The molecule has 0 aliphatic heterocycles. The number of carbonyl (C=O) groups is 1. The summed E-state index contributed by atoms with van der Waals surface area (Å²) in [6, 6.07) is 16.2. The van der Waals surface area contributed by atoms with E-state index in [4.69, 9.17) is 0 Å². The Balaban J connectivity index is 1.90. The van der Waals surface area contributed by atoms with Gasteiger partial charge in [0.2, 0.25) is 9.84 Å². The van der Waals surface area contributed by atoms with Crippen LogP contribution in [0, 0.1) is 5.92 Å². The SMILES string of the molecule is CC1C(=O)C=C2C1=C(S(=O)(=O)c1ccccc1)CCC[C@H]2S(=O)(=O)c1ccccc1. The average molecular weight is 443 g/mol. The molecule has 1 unspecified atom stereocenters. The van der Waals surface area contributed by atoms with Crippen LogP contribution in [-0.2, 0) is 24.5 Å². The number of carbonyl (C=O) groups excluding carboxylic acids is 1. The minimum absolute atomic E-state index is 0.155. The summed E-state index contributed by atoms with van der Waals surface area (Å²) in [6.07, 6.45) is 2.22.